The standard InChI is InChI=1S/C10H14N2/c1-4-6-9(3)12-7-10(5-2)11-8-12/h4,6-8H,1,5H2,2-3H3/b9-6+. The number of aryl methyl sites for hydroxylation is 1. The molecular weight excluding hydrogens is 148 g/mol. The van der Waals surface area contributed by atoms with E-state index in [0.717, 1.165) is 17.8 Å². The fraction of sp³-hybridized carbons (Fsp3) is 0.300. The lowest BCUT2D eigenvalue weighted by molar-refractivity contribution is 1.06. The molecule has 12 heavy (non-hydrogen) atoms. The number of hydrogen-bond donors (Lipinski definition) is 0. The Morgan fingerprint density at radius 1 is 1.75 bits per heavy atom. The highest BCUT2D eigenvalue weighted by atomic mass is 15.0. The van der Waals surface area contributed by atoms with Crippen molar-refractivity contribution in [2.75, 3.05) is 0 Å². The molecule has 0 aliphatic heterocycles. The fourth-order valence-electron chi connectivity index (χ4n) is 0.996. The lowest BCUT2D eigenvalue weighted by atomic mass is 10.4. The molecule has 0 atom stereocenters. The highest BCUT2D eigenvalue weighted by molar-refractivity contribution is 5.44. The number of rotatable bonds is 3. The van der Waals surface area contributed by atoms with Crippen LogP contribution >= 0.6 is 0 Å². The highest BCUT2D eigenvalue weighted by Crippen LogP contribution is 2.05. The smallest absolute Gasteiger partial charge is 0.0992 e. The molecule has 64 valence electrons. The van der Waals surface area contributed by atoms with Gasteiger partial charge in [0.2, 0.25) is 0 Å². The van der Waals surface area contributed by atoms with Crippen LogP contribution in [0.1, 0.15) is 19.5 Å². The van der Waals surface area contributed by atoms with Gasteiger partial charge in [-0.2, -0.15) is 0 Å². The van der Waals surface area contributed by atoms with Crippen LogP contribution in [0.5, 0.6) is 0 Å². The van der Waals surface area contributed by atoms with Gasteiger partial charge in [0.1, 0.15) is 0 Å². The van der Waals surface area contributed by atoms with Gasteiger partial charge in [0.25, 0.3) is 0 Å². The Labute approximate surface area is 73.2 Å². The van der Waals surface area contributed by atoms with Gasteiger partial charge in [0.05, 0.1) is 12.0 Å². The highest BCUT2D eigenvalue weighted by Gasteiger charge is 1.95. The lowest BCUT2D eigenvalue weighted by Crippen LogP contribution is -1.87. The van der Waals surface area contributed by atoms with E-state index in [-0.39, 0.29) is 0 Å². The van der Waals surface area contributed by atoms with Gasteiger partial charge in [-0.25, -0.2) is 4.98 Å². The largest absolute Gasteiger partial charge is 0.310 e. The first-order valence-corrected chi connectivity index (χ1v) is 4.10. The van der Waals surface area contributed by atoms with Gasteiger partial charge in [-0.15, -0.1) is 0 Å². The van der Waals surface area contributed by atoms with E-state index in [4.69, 9.17) is 0 Å². The molecule has 1 aromatic rings. The van der Waals surface area contributed by atoms with E-state index < -0.39 is 0 Å². The Balaban J connectivity index is 2.88. The summed E-state index contributed by atoms with van der Waals surface area (Å²) in [5, 5.41) is 0. The van der Waals surface area contributed by atoms with Crippen molar-refractivity contribution in [1.82, 2.24) is 9.55 Å². The number of aromatic nitrogens is 2. The van der Waals surface area contributed by atoms with Crippen molar-refractivity contribution in [3.63, 3.8) is 0 Å². The average Bonchev–Trinajstić information content (AvgIpc) is 2.52. The quantitative estimate of drug-likeness (QED) is 0.624. The van der Waals surface area contributed by atoms with Crippen molar-refractivity contribution in [3.05, 3.63) is 36.9 Å². The van der Waals surface area contributed by atoms with E-state index in [1.165, 1.54) is 0 Å². The maximum atomic E-state index is 4.23. The Morgan fingerprint density at radius 3 is 3.00 bits per heavy atom. The zero-order valence-corrected chi connectivity index (χ0v) is 7.62. The number of imidazole rings is 1. The first-order valence-electron chi connectivity index (χ1n) is 4.10. The summed E-state index contributed by atoms with van der Waals surface area (Å²) in [5.74, 6) is 0. The van der Waals surface area contributed by atoms with Crippen molar-refractivity contribution in [1.29, 1.82) is 0 Å². The van der Waals surface area contributed by atoms with E-state index in [2.05, 4.69) is 18.5 Å². The van der Waals surface area contributed by atoms with E-state index in [9.17, 15) is 0 Å². The van der Waals surface area contributed by atoms with Crippen molar-refractivity contribution < 1.29 is 0 Å². The van der Waals surface area contributed by atoms with E-state index in [0.29, 0.717) is 0 Å². The molecule has 0 spiro atoms. The van der Waals surface area contributed by atoms with Crippen LogP contribution in [-0.4, -0.2) is 9.55 Å². The van der Waals surface area contributed by atoms with Crippen LogP contribution in [0.2, 0.25) is 0 Å². The third-order valence-electron chi connectivity index (χ3n) is 1.76. The van der Waals surface area contributed by atoms with Gasteiger partial charge < -0.3 is 4.57 Å². The molecule has 0 amide bonds. The van der Waals surface area contributed by atoms with Crippen molar-refractivity contribution >= 4 is 5.70 Å². The van der Waals surface area contributed by atoms with Crippen molar-refractivity contribution in [2.24, 2.45) is 0 Å². The minimum atomic E-state index is 0.981. The normalized spacial score (nSPS) is 11.7. The third-order valence-corrected chi connectivity index (χ3v) is 1.76. The second-order valence-corrected chi connectivity index (χ2v) is 2.67. The fourth-order valence-corrected chi connectivity index (χ4v) is 0.996. The average molecular weight is 162 g/mol. The molecule has 0 bridgehead atoms. The lowest BCUT2D eigenvalue weighted by Gasteiger charge is -1.98. The summed E-state index contributed by atoms with van der Waals surface area (Å²) in [6, 6.07) is 0. The Morgan fingerprint density at radius 2 is 2.50 bits per heavy atom. The van der Waals surface area contributed by atoms with Gasteiger partial charge in [0.15, 0.2) is 0 Å². The molecule has 0 unspecified atom stereocenters. The van der Waals surface area contributed by atoms with Crippen LogP contribution in [0, 0.1) is 0 Å². The maximum Gasteiger partial charge on any atom is 0.0992 e. The predicted octanol–water partition coefficient (Wildman–Crippen LogP) is 2.49. The van der Waals surface area contributed by atoms with Crippen molar-refractivity contribution in [2.45, 2.75) is 20.3 Å². The molecule has 0 aliphatic rings. The summed E-state index contributed by atoms with van der Waals surface area (Å²) in [7, 11) is 0. The van der Waals surface area contributed by atoms with Crippen LogP contribution in [-0.2, 0) is 6.42 Å². The first-order chi connectivity index (χ1) is 5.77. The minimum Gasteiger partial charge on any atom is -0.310 e. The molecule has 0 aliphatic carbocycles. The summed E-state index contributed by atoms with van der Waals surface area (Å²) >= 11 is 0. The molecule has 0 N–H and O–H groups in total. The second-order valence-electron chi connectivity index (χ2n) is 2.67. The van der Waals surface area contributed by atoms with E-state index in [1.54, 1.807) is 6.08 Å². The van der Waals surface area contributed by atoms with Crippen molar-refractivity contribution in [3.8, 4) is 0 Å². The molecule has 0 aromatic carbocycles. The molecule has 0 saturated carbocycles. The summed E-state index contributed by atoms with van der Waals surface area (Å²) in [5.41, 5.74) is 2.25. The summed E-state index contributed by atoms with van der Waals surface area (Å²) < 4.78 is 2.00. The predicted molar refractivity (Wildman–Crippen MR) is 51.7 cm³/mol. The summed E-state index contributed by atoms with van der Waals surface area (Å²) in [4.78, 5) is 4.23. The van der Waals surface area contributed by atoms with Crippen LogP contribution in [0.4, 0.5) is 0 Å². The Bertz CT molecular complexity index is 295. The molecule has 1 aromatic heterocycles. The first kappa shape index (κ1) is 8.78. The summed E-state index contributed by atoms with van der Waals surface area (Å²) in [6.45, 7) is 7.77. The maximum absolute atomic E-state index is 4.23. The van der Waals surface area contributed by atoms with Gasteiger partial charge >= 0.3 is 0 Å². The van der Waals surface area contributed by atoms with Crippen LogP contribution in [0.15, 0.2) is 31.3 Å². The van der Waals surface area contributed by atoms with Gasteiger partial charge in [-0.3, -0.25) is 0 Å². The Kier molecular flexibility index (Phi) is 2.86. The number of nitrogens with zero attached hydrogens (tertiary/aromatic N) is 2. The van der Waals surface area contributed by atoms with Crippen LogP contribution in [0.25, 0.3) is 5.70 Å². The van der Waals surface area contributed by atoms with E-state index in [1.807, 2.05) is 30.1 Å². The SMILES string of the molecule is C=C/C=C(\C)n1cnc(CC)c1. The molecule has 0 radical (unpaired) electrons. The van der Waals surface area contributed by atoms with Gasteiger partial charge in [-0.05, 0) is 19.4 Å². The molecule has 0 saturated heterocycles. The molecule has 2 heteroatoms. The zero-order chi connectivity index (χ0) is 8.97. The molecule has 2 nitrogen and oxygen atoms in total. The molecule has 0 fully saturated rings. The molecular formula is C10H14N2. The molecule has 1 rings (SSSR count). The van der Waals surface area contributed by atoms with Gasteiger partial charge in [0, 0.05) is 11.9 Å². The Hall–Kier alpha value is -1.31. The topological polar surface area (TPSA) is 17.8 Å². The third kappa shape index (κ3) is 1.84. The van der Waals surface area contributed by atoms with Crippen LogP contribution in [0.3, 0.4) is 0 Å². The van der Waals surface area contributed by atoms with E-state index >= 15 is 0 Å². The summed E-state index contributed by atoms with van der Waals surface area (Å²) in [6.07, 6.45) is 8.58. The monoisotopic (exact) mass is 162 g/mol. The number of allylic oxidation sites excluding steroid dienone is 3. The second kappa shape index (κ2) is 3.90. The zero-order valence-electron chi connectivity index (χ0n) is 7.62. The molecule has 1 heterocycles. The van der Waals surface area contributed by atoms with Gasteiger partial charge in [-0.1, -0.05) is 19.6 Å². The minimum absolute atomic E-state index is 0.981. The number of hydrogen-bond acceptors (Lipinski definition) is 1. The van der Waals surface area contributed by atoms with Crippen LogP contribution < -0.4 is 0 Å².